The first-order valence-electron chi connectivity index (χ1n) is 6.39. The molecular weight excluding hydrogens is 289 g/mol. The molecule has 106 valence electrons. The topological polar surface area (TPSA) is 42.2 Å². The Labute approximate surface area is 125 Å². The fourth-order valence-corrected chi connectivity index (χ4v) is 2.82. The summed E-state index contributed by atoms with van der Waals surface area (Å²) in [6.45, 7) is 0.357. The van der Waals surface area contributed by atoms with E-state index in [0.29, 0.717) is 17.2 Å². The van der Waals surface area contributed by atoms with Crippen molar-refractivity contribution >= 4 is 17.2 Å². The average Bonchev–Trinajstić information content (AvgIpc) is 3.17. The minimum Gasteiger partial charge on any atom is -0.467 e. The molecule has 0 bridgehead atoms. The molecule has 3 nitrogen and oxygen atoms in total. The SMILES string of the molecule is O=C(NCc1ccco1)c1ccc(-c2ccc(F)cc2)s1. The van der Waals surface area contributed by atoms with Crippen LogP contribution in [0.1, 0.15) is 15.4 Å². The number of halogens is 1. The van der Waals surface area contributed by atoms with E-state index in [0.717, 1.165) is 10.4 Å². The molecule has 3 aromatic rings. The Bertz CT molecular complexity index is 732. The molecule has 0 atom stereocenters. The molecule has 0 saturated carbocycles. The van der Waals surface area contributed by atoms with E-state index < -0.39 is 0 Å². The summed E-state index contributed by atoms with van der Waals surface area (Å²) < 4.78 is 18.1. The molecule has 0 spiro atoms. The maximum Gasteiger partial charge on any atom is 0.261 e. The van der Waals surface area contributed by atoms with Crippen molar-refractivity contribution in [3.8, 4) is 10.4 Å². The molecular formula is C16H12FNO2S. The zero-order valence-corrected chi connectivity index (χ0v) is 11.8. The molecule has 0 aliphatic heterocycles. The third kappa shape index (κ3) is 3.20. The Morgan fingerprint density at radius 3 is 2.67 bits per heavy atom. The number of rotatable bonds is 4. The fourth-order valence-electron chi connectivity index (χ4n) is 1.90. The summed E-state index contributed by atoms with van der Waals surface area (Å²) in [6, 6.07) is 13.4. The molecule has 0 aliphatic carbocycles. The first-order chi connectivity index (χ1) is 10.2. The van der Waals surface area contributed by atoms with E-state index in [1.165, 1.54) is 23.5 Å². The second-order valence-corrected chi connectivity index (χ2v) is 5.52. The van der Waals surface area contributed by atoms with Crippen LogP contribution in [0.3, 0.4) is 0 Å². The van der Waals surface area contributed by atoms with Crippen molar-refractivity contribution in [3.05, 3.63) is 71.2 Å². The van der Waals surface area contributed by atoms with Crippen molar-refractivity contribution in [1.29, 1.82) is 0 Å². The number of thiophene rings is 1. The highest BCUT2D eigenvalue weighted by molar-refractivity contribution is 7.17. The van der Waals surface area contributed by atoms with Crippen LogP contribution in [-0.4, -0.2) is 5.91 Å². The van der Waals surface area contributed by atoms with Gasteiger partial charge in [-0.05, 0) is 42.0 Å². The lowest BCUT2D eigenvalue weighted by molar-refractivity contribution is 0.0952. The van der Waals surface area contributed by atoms with Gasteiger partial charge in [0.2, 0.25) is 0 Å². The fraction of sp³-hybridized carbons (Fsp3) is 0.0625. The highest BCUT2D eigenvalue weighted by Crippen LogP contribution is 2.28. The Morgan fingerprint density at radius 2 is 1.95 bits per heavy atom. The summed E-state index contributed by atoms with van der Waals surface area (Å²) in [4.78, 5) is 13.6. The Hall–Kier alpha value is -2.40. The molecule has 1 amide bonds. The van der Waals surface area contributed by atoms with Gasteiger partial charge in [-0.2, -0.15) is 0 Å². The average molecular weight is 301 g/mol. The number of benzene rings is 1. The predicted molar refractivity (Wildman–Crippen MR) is 79.6 cm³/mol. The lowest BCUT2D eigenvalue weighted by atomic mass is 10.2. The van der Waals surface area contributed by atoms with E-state index in [4.69, 9.17) is 4.42 Å². The van der Waals surface area contributed by atoms with E-state index in [2.05, 4.69) is 5.32 Å². The molecule has 0 saturated heterocycles. The molecule has 0 radical (unpaired) electrons. The van der Waals surface area contributed by atoms with E-state index >= 15 is 0 Å². The number of furan rings is 1. The molecule has 3 rings (SSSR count). The molecule has 1 aromatic carbocycles. The Morgan fingerprint density at radius 1 is 1.14 bits per heavy atom. The maximum absolute atomic E-state index is 12.9. The monoisotopic (exact) mass is 301 g/mol. The van der Waals surface area contributed by atoms with E-state index in [1.807, 2.05) is 6.07 Å². The molecule has 1 N–H and O–H groups in total. The van der Waals surface area contributed by atoms with Crippen molar-refractivity contribution in [3.63, 3.8) is 0 Å². The maximum atomic E-state index is 12.9. The summed E-state index contributed by atoms with van der Waals surface area (Å²) in [5, 5.41) is 2.79. The van der Waals surface area contributed by atoms with Crippen LogP contribution >= 0.6 is 11.3 Å². The molecule has 21 heavy (non-hydrogen) atoms. The summed E-state index contributed by atoms with van der Waals surface area (Å²) in [6.07, 6.45) is 1.57. The first kappa shape index (κ1) is 13.6. The third-order valence-corrected chi connectivity index (χ3v) is 4.09. The van der Waals surface area contributed by atoms with Gasteiger partial charge in [0.15, 0.2) is 0 Å². The van der Waals surface area contributed by atoms with E-state index in [1.54, 1.807) is 36.6 Å². The van der Waals surface area contributed by atoms with Gasteiger partial charge in [0.1, 0.15) is 11.6 Å². The lowest BCUT2D eigenvalue weighted by Crippen LogP contribution is -2.21. The smallest absolute Gasteiger partial charge is 0.261 e. The summed E-state index contributed by atoms with van der Waals surface area (Å²) >= 11 is 1.37. The van der Waals surface area contributed by atoms with Gasteiger partial charge in [-0.25, -0.2) is 4.39 Å². The number of hydrogen-bond donors (Lipinski definition) is 1. The van der Waals surface area contributed by atoms with E-state index in [9.17, 15) is 9.18 Å². The Balaban J connectivity index is 1.69. The lowest BCUT2D eigenvalue weighted by Gasteiger charge is -2.00. The second-order valence-electron chi connectivity index (χ2n) is 4.43. The highest BCUT2D eigenvalue weighted by Gasteiger charge is 2.10. The van der Waals surface area contributed by atoms with Gasteiger partial charge in [-0.1, -0.05) is 12.1 Å². The minimum absolute atomic E-state index is 0.148. The molecule has 0 aliphatic rings. The third-order valence-electron chi connectivity index (χ3n) is 2.96. The number of nitrogens with one attached hydrogen (secondary N) is 1. The van der Waals surface area contributed by atoms with Gasteiger partial charge >= 0.3 is 0 Å². The van der Waals surface area contributed by atoms with Gasteiger partial charge in [0, 0.05) is 4.88 Å². The molecule has 2 heterocycles. The molecule has 2 aromatic heterocycles. The Kier molecular flexibility index (Phi) is 3.83. The zero-order chi connectivity index (χ0) is 14.7. The summed E-state index contributed by atoms with van der Waals surface area (Å²) in [5.74, 6) is 0.287. The normalized spacial score (nSPS) is 10.5. The first-order valence-corrected chi connectivity index (χ1v) is 7.20. The van der Waals surface area contributed by atoms with Crippen molar-refractivity contribution in [2.24, 2.45) is 0 Å². The van der Waals surface area contributed by atoms with Gasteiger partial charge in [-0.15, -0.1) is 11.3 Å². The largest absolute Gasteiger partial charge is 0.467 e. The molecule has 5 heteroatoms. The number of carbonyl (C=O) groups excluding carboxylic acids is 1. The van der Waals surface area contributed by atoms with Crippen LogP contribution in [0.4, 0.5) is 4.39 Å². The molecule has 0 unspecified atom stereocenters. The van der Waals surface area contributed by atoms with Crippen molar-refractivity contribution < 1.29 is 13.6 Å². The van der Waals surface area contributed by atoms with Crippen LogP contribution in [0.15, 0.2) is 59.2 Å². The van der Waals surface area contributed by atoms with Crippen LogP contribution in [0, 0.1) is 5.82 Å². The van der Waals surface area contributed by atoms with Crippen LogP contribution in [0.2, 0.25) is 0 Å². The standard InChI is InChI=1S/C16H12FNO2S/c17-12-5-3-11(4-6-12)14-7-8-15(21-14)16(19)18-10-13-2-1-9-20-13/h1-9H,10H2,(H,18,19). The van der Waals surface area contributed by atoms with Crippen LogP contribution in [-0.2, 0) is 6.54 Å². The number of hydrogen-bond acceptors (Lipinski definition) is 3. The van der Waals surface area contributed by atoms with Gasteiger partial charge in [-0.3, -0.25) is 4.79 Å². The van der Waals surface area contributed by atoms with Crippen LogP contribution in [0.25, 0.3) is 10.4 Å². The van der Waals surface area contributed by atoms with Gasteiger partial charge in [0.25, 0.3) is 5.91 Å². The quantitative estimate of drug-likeness (QED) is 0.789. The van der Waals surface area contributed by atoms with Crippen molar-refractivity contribution in [2.75, 3.05) is 0 Å². The van der Waals surface area contributed by atoms with Gasteiger partial charge in [0.05, 0.1) is 17.7 Å². The molecule has 0 fully saturated rings. The van der Waals surface area contributed by atoms with Crippen LogP contribution in [0.5, 0.6) is 0 Å². The zero-order valence-electron chi connectivity index (χ0n) is 11.0. The van der Waals surface area contributed by atoms with E-state index in [-0.39, 0.29) is 11.7 Å². The number of amides is 1. The minimum atomic E-state index is -0.272. The van der Waals surface area contributed by atoms with Crippen LogP contribution < -0.4 is 5.32 Å². The van der Waals surface area contributed by atoms with Gasteiger partial charge < -0.3 is 9.73 Å². The highest BCUT2D eigenvalue weighted by atomic mass is 32.1. The number of carbonyl (C=O) groups is 1. The van der Waals surface area contributed by atoms with Crippen molar-refractivity contribution in [2.45, 2.75) is 6.54 Å². The summed E-state index contributed by atoms with van der Waals surface area (Å²) in [5.41, 5.74) is 0.895. The second kappa shape index (κ2) is 5.93. The van der Waals surface area contributed by atoms with Crippen molar-refractivity contribution in [1.82, 2.24) is 5.32 Å². The predicted octanol–water partition coefficient (Wildman–Crippen LogP) is 4.08. The summed E-state index contributed by atoms with van der Waals surface area (Å²) in [7, 11) is 0.